The Kier molecular flexibility index (Phi) is 3.19. The van der Waals surface area contributed by atoms with Crippen LogP contribution in [-0.4, -0.2) is 36.3 Å². The van der Waals surface area contributed by atoms with Crippen LogP contribution in [0.15, 0.2) is 34.9 Å². The van der Waals surface area contributed by atoms with Gasteiger partial charge in [0.2, 0.25) is 0 Å². The quantitative estimate of drug-likeness (QED) is 0.732. The van der Waals surface area contributed by atoms with Crippen molar-refractivity contribution in [2.24, 2.45) is 0 Å². The number of rotatable bonds is 3. The minimum absolute atomic E-state index is 0.562. The molecule has 0 atom stereocenters. The second kappa shape index (κ2) is 5.34. The smallest absolute Gasteiger partial charge is 0.257 e. The second-order valence-electron chi connectivity index (χ2n) is 5.41. The van der Waals surface area contributed by atoms with Gasteiger partial charge in [-0.3, -0.25) is 4.90 Å². The number of nitrogens with zero attached hydrogens (tertiary/aromatic N) is 6. The summed E-state index contributed by atoms with van der Waals surface area (Å²) in [6.07, 6.45) is 0. The van der Waals surface area contributed by atoms with Crippen molar-refractivity contribution < 1.29 is 4.52 Å². The zero-order chi connectivity index (χ0) is 14.9. The molecule has 0 aliphatic carbocycles. The first-order chi connectivity index (χ1) is 10.8. The minimum Gasteiger partial charge on any atom is -0.334 e. The lowest BCUT2D eigenvalue weighted by Crippen LogP contribution is -2.34. The zero-order valence-electron chi connectivity index (χ0n) is 12.3. The van der Waals surface area contributed by atoms with Crippen molar-refractivity contribution in [1.82, 2.24) is 29.8 Å². The van der Waals surface area contributed by atoms with Crippen molar-refractivity contribution in [3.05, 3.63) is 47.8 Å². The highest BCUT2D eigenvalue weighted by Gasteiger charge is 2.21. The zero-order valence-corrected chi connectivity index (χ0v) is 12.3. The maximum Gasteiger partial charge on any atom is 0.257 e. The Morgan fingerprint density at radius 3 is 2.86 bits per heavy atom. The number of fused-ring (bicyclic) bond motifs is 1. The van der Waals surface area contributed by atoms with Gasteiger partial charge in [0.05, 0.1) is 13.1 Å². The largest absolute Gasteiger partial charge is 0.334 e. The molecule has 3 aromatic rings. The van der Waals surface area contributed by atoms with E-state index in [4.69, 9.17) is 4.52 Å². The van der Waals surface area contributed by atoms with Gasteiger partial charge in [0.15, 0.2) is 5.82 Å². The number of benzene rings is 1. The Morgan fingerprint density at radius 2 is 2.00 bits per heavy atom. The second-order valence-corrected chi connectivity index (χ2v) is 5.41. The molecule has 7 nitrogen and oxygen atoms in total. The van der Waals surface area contributed by atoms with Crippen LogP contribution < -0.4 is 0 Å². The first-order valence-electron chi connectivity index (χ1n) is 7.28. The molecule has 112 valence electrons. The van der Waals surface area contributed by atoms with E-state index in [0.29, 0.717) is 18.3 Å². The minimum atomic E-state index is 0.562. The predicted octanol–water partition coefficient (Wildman–Crippen LogP) is 1.65. The normalized spacial score (nSPS) is 15.0. The van der Waals surface area contributed by atoms with E-state index in [2.05, 4.69) is 29.8 Å². The summed E-state index contributed by atoms with van der Waals surface area (Å²) < 4.78 is 7.50. The van der Waals surface area contributed by atoms with Crippen molar-refractivity contribution >= 4 is 0 Å². The lowest BCUT2D eigenvalue weighted by molar-refractivity contribution is 0.200. The molecule has 0 N–H and O–H groups in total. The molecule has 1 aromatic carbocycles. The summed E-state index contributed by atoms with van der Waals surface area (Å²) in [5.41, 5.74) is 0.940. The average molecular weight is 296 g/mol. The molecule has 0 saturated heterocycles. The molecule has 4 rings (SSSR count). The molecular weight excluding hydrogens is 280 g/mol. The van der Waals surface area contributed by atoms with Gasteiger partial charge in [0.25, 0.3) is 5.89 Å². The highest BCUT2D eigenvalue weighted by Crippen LogP contribution is 2.18. The van der Waals surface area contributed by atoms with E-state index in [1.165, 1.54) is 0 Å². The molecule has 1 aliphatic heterocycles. The van der Waals surface area contributed by atoms with Crippen molar-refractivity contribution in [1.29, 1.82) is 0 Å². The number of hydrogen-bond donors (Lipinski definition) is 0. The summed E-state index contributed by atoms with van der Waals surface area (Å²) in [4.78, 5) is 6.73. The van der Waals surface area contributed by atoms with Gasteiger partial charge >= 0.3 is 0 Å². The molecule has 0 bridgehead atoms. The van der Waals surface area contributed by atoms with Crippen LogP contribution in [0.5, 0.6) is 0 Å². The topological polar surface area (TPSA) is 72.9 Å². The SMILES string of the molecule is Cc1nnc2n1CCN(Cc1noc(-c3ccccc3)n1)C2. The van der Waals surface area contributed by atoms with E-state index in [0.717, 1.165) is 36.8 Å². The fraction of sp³-hybridized carbons (Fsp3) is 0.333. The van der Waals surface area contributed by atoms with Gasteiger partial charge in [-0.1, -0.05) is 23.4 Å². The van der Waals surface area contributed by atoms with Gasteiger partial charge in [-0.25, -0.2) is 0 Å². The van der Waals surface area contributed by atoms with Gasteiger partial charge in [-0.05, 0) is 19.1 Å². The molecule has 0 amide bonds. The van der Waals surface area contributed by atoms with E-state index >= 15 is 0 Å². The molecule has 0 saturated carbocycles. The van der Waals surface area contributed by atoms with Gasteiger partial charge in [0.1, 0.15) is 11.6 Å². The summed E-state index contributed by atoms with van der Waals surface area (Å²) in [6.45, 7) is 5.23. The molecule has 22 heavy (non-hydrogen) atoms. The highest BCUT2D eigenvalue weighted by molar-refractivity contribution is 5.51. The molecule has 0 radical (unpaired) electrons. The fourth-order valence-electron chi connectivity index (χ4n) is 2.70. The molecule has 0 spiro atoms. The summed E-state index contributed by atoms with van der Waals surface area (Å²) in [5, 5.41) is 12.4. The summed E-state index contributed by atoms with van der Waals surface area (Å²) in [6, 6.07) is 9.80. The molecule has 0 unspecified atom stereocenters. The van der Waals surface area contributed by atoms with Crippen LogP contribution >= 0.6 is 0 Å². The van der Waals surface area contributed by atoms with Crippen molar-refractivity contribution in [2.45, 2.75) is 26.6 Å². The summed E-state index contributed by atoms with van der Waals surface area (Å²) in [5.74, 6) is 3.23. The van der Waals surface area contributed by atoms with Gasteiger partial charge in [-0.2, -0.15) is 4.98 Å². The van der Waals surface area contributed by atoms with E-state index < -0.39 is 0 Å². The molecule has 0 fully saturated rings. The van der Waals surface area contributed by atoms with Gasteiger partial charge in [-0.15, -0.1) is 10.2 Å². The van der Waals surface area contributed by atoms with Crippen LogP contribution in [0.4, 0.5) is 0 Å². The maximum absolute atomic E-state index is 5.34. The van der Waals surface area contributed by atoms with E-state index in [9.17, 15) is 0 Å². The Hall–Kier alpha value is -2.54. The van der Waals surface area contributed by atoms with Crippen LogP contribution in [0.2, 0.25) is 0 Å². The highest BCUT2D eigenvalue weighted by atomic mass is 16.5. The Labute approximate surface area is 127 Å². The lowest BCUT2D eigenvalue weighted by atomic mass is 10.2. The third-order valence-corrected chi connectivity index (χ3v) is 3.87. The van der Waals surface area contributed by atoms with Crippen LogP contribution in [-0.2, 0) is 19.6 Å². The first-order valence-corrected chi connectivity index (χ1v) is 7.28. The van der Waals surface area contributed by atoms with Crippen molar-refractivity contribution in [2.75, 3.05) is 6.54 Å². The van der Waals surface area contributed by atoms with Gasteiger partial charge < -0.3 is 9.09 Å². The third-order valence-electron chi connectivity index (χ3n) is 3.87. The van der Waals surface area contributed by atoms with E-state index in [-0.39, 0.29) is 0 Å². The number of aryl methyl sites for hydroxylation is 1. The average Bonchev–Trinajstić information content (AvgIpc) is 3.16. The van der Waals surface area contributed by atoms with Crippen molar-refractivity contribution in [3.8, 4) is 11.5 Å². The Bertz CT molecular complexity index is 778. The van der Waals surface area contributed by atoms with Gasteiger partial charge in [0, 0.05) is 18.7 Å². The monoisotopic (exact) mass is 296 g/mol. The van der Waals surface area contributed by atoms with Crippen molar-refractivity contribution in [3.63, 3.8) is 0 Å². The summed E-state index contributed by atoms with van der Waals surface area (Å²) >= 11 is 0. The molecule has 2 aromatic heterocycles. The third kappa shape index (κ3) is 2.39. The van der Waals surface area contributed by atoms with Crippen LogP contribution in [0.3, 0.4) is 0 Å². The van der Waals surface area contributed by atoms with Crippen LogP contribution in [0, 0.1) is 6.92 Å². The summed E-state index contributed by atoms with van der Waals surface area (Å²) in [7, 11) is 0. The molecule has 3 heterocycles. The molecule has 7 heteroatoms. The maximum atomic E-state index is 5.34. The first kappa shape index (κ1) is 13.1. The molecule has 1 aliphatic rings. The Balaban J connectivity index is 1.48. The lowest BCUT2D eigenvalue weighted by Gasteiger charge is -2.26. The number of aromatic nitrogens is 5. The Morgan fingerprint density at radius 1 is 1.14 bits per heavy atom. The molecular formula is C15H16N6O. The van der Waals surface area contributed by atoms with E-state index in [1.54, 1.807) is 0 Å². The van der Waals surface area contributed by atoms with Crippen LogP contribution in [0.1, 0.15) is 17.5 Å². The fourth-order valence-corrected chi connectivity index (χ4v) is 2.70. The van der Waals surface area contributed by atoms with E-state index in [1.807, 2.05) is 37.3 Å². The van der Waals surface area contributed by atoms with Crippen LogP contribution in [0.25, 0.3) is 11.5 Å². The number of hydrogen-bond acceptors (Lipinski definition) is 6. The predicted molar refractivity (Wildman–Crippen MR) is 78.6 cm³/mol. The standard InChI is InChI=1S/C15H16N6O/c1-11-17-18-14-10-20(7-8-21(11)14)9-13-16-15(22-19-13)12-5-3-2-4-6-12/h2-6H,7-10H2,1H3.